The van der Waals surface area contributed by atoms with Crippen LogP contribution in [0.4, 0.5) is 4.79 Å². The van der Waals surface area contributed by atoms with Crippen molar-refractivity contribution >= 4 is 12.1 Å². The number of amides is 1. The van der Waals surface area contributed by atoms with Crippen molar-refractivity contribution in [3.63, 3.8) is 0 Å². The van der Waals surface area contributed by atoms with E-state index in [9.17, 15) is 14.7 Å². The van der Waals surface area contributed by atoms with Gasteiger partial charge in [0.05, 0.1) is 18.1 Å². The van der Waals surface area contributed by atoms with Gasteiger partial charge in [-0.05, 0) is 41.0 Å². The summed E-state index contributed by atoms with van der Waals surface area (Å²) in [5.41, 5.74) is -0.593. The van der Waals surface area contributed by atoms with E-state index in [0.29, 0.717) is 13.0 Å². The lowest BCUT2D eigenvalue weighted by atomic mass is 9.92. The highest BCUT2D eigenvalue weighted by atomic mass is 16.6. The smallest absolute Gasteiger partial charge is 0.410 e. The van der Waals surface area contributed by atoms with Crippen LogP contribution in [0.1, 0.15) is 41.0 Å². The molecule has 4 atom stereocenters. The van der Waals surface area contributed by atoms with Crippen molar-refractivity contribution < 1.29 is 24.2 Å². The van der Waals surface area contributed by atoms with E-state index in [1.165, 1.54) is 0 Å². The van der Waals surface area contributed by atoms with Crippen LogP contribution < -0.4 is 0 Å². The average Bonchev–Trinajstić information content (AvgIpc) is 2.43. The fourth-order valence-corrected chi connectivity index (χ4v) is 3.51. The second kappa shape index (κ2) is 7.27. The summed E-state index contributed by atoms with van der Waals surface area (Å²) < 4.78 is 11.2. The monoisotopic (exact) mass is 342 g/mol. The van der Waals surface area contributed by atoms with E-state index in [0.717, 1.165) is 13.1 Å². The molecule has 2 heterocycles. The highest BCUT2D eigenvalue weighted by molar-refractivity contribution is 5.73. The molecule has 0 aromatic heterocycles. The van der Waals surface area contributed by atoms with Gasteiger partial charge in [0, 0.05) is 32.2 Å². The van der Waals surface area contributed by atoms with Crippen LogP contribution in [-0.2, 0) is 14.3 Å². The maximum Gasteiger partial charge on any atom is 0.410 e. The quantitative estimate of drug-likeness (QED) is 0.824. The minimum Gasteiger partial charge on any atom is -0.481 e. The molecule has 2 rings (SSSR count). The third kappa shape index (κ3) is 5.08. The summed E-state index contributed by atoms with van der Waals surface area (Å²) >= 11 is 0. The molecule has 2 saturated heterocycles. The van der Waals surface area contributed by atoms with Gasteiger partial charge >= 0.3 is 12.1 Å². The van der Waals surface area contributed by atoms with Gasteiger partial charge in [-0.1, -0.05) is 0 Å². The molecular weight excluding hydrogens is 312 g/mol. The molecule has 0 bridgehead atoms. The molecule has 2 aliphatic rings. The fourth-order valence-electron chi connectivity index (χ4n) is 3.51. The van der Waals surface area contributed by atoms with Gasteiger partial charge in [0.25, 0.3) is 0 Å². The first-order valence-electron chi connectivity index (χ1n) is 8.65. The van der Waals surface area contributed by atoms with Crippen molar-refractivity contribution in [1.29, 1.82) is 0 Å². The van der Waals surface area contributed by atoms with E-state index in [2.05, 4.69) is 4.90 Å². The van der Waals surface area contributed by atoms with E-state index in [1.54, 1.807) is 4.90 Å². The number of hydrogen-bond acceptors (Lipinski definition) is 5. The molecule has 1 N–H and O–H groups in total. The number of hydrogen-bond donors (Lipinski definition) is 1. The zero-order chi connectivity index (χ0) is 18.1. The van der Waals surface area contributed by atoms with Crippen molar-refractivity contribution in [2.75, 3.05) is 26.2 Å². The first-order chi connectivity index (χ1) is 11.0. The lowest BCUT2D eigenvalue weighted by molar-refractivity contribution is -0.145. The summed E-state index contributed by atoms with van der Waals surface area (Å²) in [5, 5.41) is 9.47. The molecule has 0 aromatic carbocycles. The van der Waals surface area contributed by atoms with Crippen LogP contribution >= 0.6 is 0 Å². The maximum absolute atomic E-state index is 12.4. The predicted octanol–water partition coefficient (Wildman–Crippen LogP) is 1.81. The number of likely N-dealkylation sites (tertiary alicyclic amines) is 1. The molecule has 7 heteroatoms. The molecule has 1 amide bonds. The van der Waals surface area contributed by atoms with Crippen LogP contribution in [0.25, 0.3) is 0 Å². The van der Waals surface area contributed by atoms with Crippen LogP contribution in [0.2, 0.25) is 0 Å². The Kier molecular flexibility index (Phi) is 5.75. The summed E-state index contributed by atoms with van der Waals surface area (Å²) in [6, 6.07) is 0.0150. The van der Waals surface area contributed by atoms with Gasteiger partial charge in [0.2, 0.25) is 0 Å². The second-order valence-electron chi connectivity index (χ2n) is 8.02. The summed E-state index contributed by atoms with van der Waals surface area (Å²) in [4.78, 5) is 27.7. The number of carboxylic acids is 1. The number of carboxylic acid groups (broad SMARTS) is 1. The van der Waals surface area contributed by atoms with Crippen molar-refractivity contribution in [3.8, 4) is 0 Å². The fraction of sp³-hybridized carbons (Fsp3) is 0.882. The topological polar surface area (TPSA) is 79.3 Å². The zero-order valence-corrected chi connectivity index (χ0v) is 15.3. The lowest BCUT2D eigenvalue weighted by Gasteiger charge is -2.45. The average molecular weight is 342 g/mol. The van der Waals surface area contributed by atoms with Gasteiger partial charge in [0.15, 0.2) is 0 Å². The molecule has 0 aliphatic carbocycles. The van der Waals surface area contributed by atoms with Crippen LogP contribution in [-0.4, -0.2) is 77.0 Å². The molecule has 2 fully saturated rings. The van der Waals surface area contributed by atoms with Gasteiger partial charge in [-0.15, -0.1) is 0 Å². The minimum atomic E-state index is -0.859. The number of piperidine rings is 1. The predicted molar refractivity (Wildman–Crippen MR) is 88.9 cm³/mol. The Morgan fingerprint density at radius 3 is 2.17 bits per heavy atom. The molecule has 0 radical (unpaired) electrons. The molecule has 0 spiro atoms. The van der Waals surface area contributed by atoms with E-state index < -0.39 is 23.6 Å². The molecule has 2 aliphatic heterocycles. The SMILES string of the molecule is C[C@@H]1CN([C@H]2C[C@@H](C(=O)O)CN(C(=O)OC(C)(C)C)C2)C[C@H](C)O1. The summed E-state index contributed by atoms with van der Waals surface area (Å²) in [7, 11) is 0. The van der Waals surface area contributed by atoms with E-state index >= 15 is 0 Å². The molecule has 0 aromatic rings. The normalized spacial score (nSPS) is 32.5. The molecule has 0 saturated carbocycles. The second-order valence-corrected chi connectivity index (χ2v) is 8.02. The van der Waals surface area contributed by atoms with E-state index in [-0.39, 0.29) is 24.8 Å². The lowest BCUT2D eigenvalue weighted by Crippen LogP contribution is -2.58. The Hall–Kier alpha value is -1.34. The first-order valence-corrected chi connectivity index (χ1v) is 8.65. The van der Waals surface area contributed by atoms with E-state index in [1.807, 2.05) is 34.6 Å². The summed E-state index contributed by atoms with van der Waals surface area (Å²) in [6.07, 6.45) is 0.323. The van der Waals surface area contributed by atoms with Crippen LogP contribution in [0, 0.1) is 5.92 Å². The van der Waals surface area contributed by atoms with Gasteiger partial charge in [0.1, 0.15) is 5.60 Å². The molecule has 0 unspecified atom stereocenters. The summed E-state index contributed by atoms with van der Waals surface area (Å²) in [5.74, 6) is -1.42. The Balaban J connectivity index is 2.10. The minimum absolute atomic E-state index is 0.0150. The number of rotatable bonds is 2. The Morgan fingerprint density at radius 2 is 1.67 bits per heavy atom. The largest absolute Gasteiger partial charge is 0.481 e. The van der Waals surface area contributed by atoms with Gasteiger partial charge in [-0.3, -0.25) is 9.69 Å². The molecule has 24 heavy (non-hydrogen) atoms. The van der Waals surface area contributed by atoms with Crippen molar-refractivity contribution in [2.45, 2.75) is 64.9 Å². The molecule has 138 valence electrons. The summed E-state index contributed by atoms with van der Waals surface area (Å²) in [6.45, 7) is 11.7. The van der Waals surface area contributed by atoms with Crippen molar-refractivity contribution in [1.82, 2.24) is 9.80 Å². The van der Waals surface area contributed by atoms with Crippen LogP contribution in [0.15, 0.2) is 0 Å². The van der Waals surface area contributed by atoms with Gasteiger partial charge in [-0.25, -0.2) is 4.79 Å². The number of nitrogens with zero attached hydrogens (tertiary/aromatic N) is 2. The molecule has 7 nitrogen and oxygen atoms in total. The van der Waals surface area contributed by atoms with Crippen LogP contribution in [0.3, 0.4) is 0 Å². The zero-order valence-electron chi connectivity index (χ0n) is 15.3. The Morgan fingerprint density at radius 1 is 1.08 bits per heavy atom. The van der Waals surface area contributed by atoms with Crippen molar-refractivity contribution in [2.24, 2.45) is 5.92 Å². The number of morpholine rings is 1. The third-order valence-electron chi connectivity index (χ3n) is 4.39. The highest BCUT2D eigenvalue weighted by Gasteiger charge is 2.39. The number of carbonyl (C=O) groups excluding carboxylic acids is 1. The first kappa shape index (κ1) is 19.0. The van der Waals surface area contributed by atoms with Gasteiger partial charge in [-0.2, -0.15) is 0 Å². The standard InChI is InChI=1S/C17H30N2O5/c1-11-7-18(8-12(2)23-11)14-6-13(15(20)21)9-19(10-14)16(22)24-17(3,4)5/h11-14H,6-10H2,1-5H3,(H,20,21)/t11-,12+,13-,14+/m1/s1. The maximum atomic E-state index is 12.4. The number of ether oxygens (including phenoxy) is 2. The van der Waals surface area contributed by atoms with Crippen LogP contribution in [0.5, 0.6) is 0 Å². The molecular formula is C17H30N2O5. The number of carbonyl (C=O) groups is 2. The number of aliphatic carboxylic acids is 1. The Bertz CT molecular complexity index is 466. The highest BCUT2D eigenvalue weighted by Crippen LogP contribution is 2.25. The van der Waals surface area contributed by atoms with E-state index in [4.69, 9.17) is 9.47 Å². The van der Waals surface area contributed by atoms with Gasteiger partial charge < -0.3 is 19.5 Å². The Labute approximate surface area is 143 Å². The third-order valence-corrected chi connectivity index (χ3v) is 4.39. The van der Waals surface area contributed by atoms with Crippen molar-refractivity contribution in [3.05, 3.63) is 0 Å².